The second kappa shape index (κ2) is 7.65. The Morgan fingerprint density at radius 1 is 1.05 bits per heavy atom. The molecule has 22 heavy (non-hydrogen) atoms. The molecule has 1 aliphatic rings. The zero-order valence-electron chi connectivity index (χ0n) is 12.3. The highest BCUT2D eigenvalue weighted by molar-refractivity contribution is 5.30. The molecule has 1 aromatic rings. The van der Waals surface area contributed by atoms with E-state index in [1.165, 1.54) is 12.1 Å². The van der Waals surface area contributed by atoms with Gasteiger partial charge < -0.3 is 4.74 Å². The summed E-state index contributed by atoms with van der Waals surface area (Å²) in [5.74, 6) is 0.695. The molecule has 1 aliphatic carbocycles. The second-order valence-corrected chi connectivity index (χ2v) is 5.63. The van der Waals surface area contributed by atoms with Crippen LogP contribution in [0.4, 0.5) is 17.6 Å². The van der Waals surface area contributed by atoms with E-state index >= 15 is 0 Å². The number of rotatable bonds is 5. The molecule has 0 amide bonds. The molecule has 0 N–H and O–H groups in total. The third kappa shape index (κ3) is 5.35. The highest BCUT2D eigenvalue weighted by Crippen LogP contribution is 2.37. The van der Waals surface area contributed by atoms with Crippen molar-refractivity contribution in [2.45, 2.75) is 44.4 Å². The van der Waals surface area contributed by atoms with Crippen molar-refractivity contribution < 1.29 is 22.3 Å². The van der Waals surface area contributed by atoms with Crippen molar-refractivity contribution in [2.75, 3.05) is 6.67 Å². The Morgan fingerprint density at radius 2 is 1.68 bits per heavy atom. The maximum atomic E-state index is 12.1. The summed E-state index contributed by atoms with van der Waals surface area (Å²) < 4.78 is 52.3. The van der Waals surface area contributed by atoms with Gasteiger partial charge in [-0.15, -0.1) is 13.2 Å². The predicted molar refractivity (Wildman–Crippen MR) is 77.6 cm³/mol. The zero-order chi connectivity index (χ0) is 16.0. The molecule has 0 heterocycles. The van der Waals surface area contributed by atoms with Gasteiger partial charge in [-0.1, -0.05) is 24.3 Å². The molecule has 0 saturated heterocycles. The molecule has 0 radical (unpaired) electrons. The van der Waals surface area contributed by atoms with Crippen molar-refractivity contribution >= 4 is 0 Å². The van der Waals surface area contributed by atoms with Crippen molar-refractivity contribution in [1.82, 2.24) is 0 Å². The first-order chi connectivity index (χ1) is 10.5. The van der Waals surface area contributed by atoms with Crippen LogP contribution in [0, 0.1) is 5.92 Å². The van der Waals surface area contributed by atoms with Crippen LogP contribution >= 0.6 is 0 Å². The molecule has 1 saturated carbocycles. The summed E-state index contributed by atoms with van der Waals surface area (Å²) in [7, 11) is 0. The van der Waals surface area contributed by atoms with Gasteiger partial charge in [0.1, 0.15) is 5.75 Å². The molecule has 0 atom stereocenters. The van der Waals surface area contributed by atoms with E-state index in [1.54, 1.807) is 12.1 Å². The fourth-order valence-electron chi connectivity index (χ4n) is 2.94. The van der Waals surface area contributed by atoms with Crippen LogP contribution in [0.2, 0.25) is 0 Å². The first-order valence-corrected chi connectivity index (χ1v) is 7.56. The van der Waals surface area contributed by atoms with E-state index in [4.69, 9.17) is 0 Å². The number of allylic oxidation sites excluding steroid dienone is 2. The smallest absolute Gasteiger partial charge is 0.406 e. The van der Waals surface area contributed by atoms with Crippen molar-refractivity contribution in [3.05, 3.63) is 42.0 Å². The van der Waals surface area contributed by atoms with E-state index < -0.39 is 6.36 Å². The molecule has 1 nitrogen and oxygen atoms in total. The summed E-state index contributed by atoms with van der Waals surface area (Å²) >= 11 is 0. The van der Waals surface area contributed by atoms with Gasteiger partial charge in [-0.2, -0.15) is 0 Å². The lowest BCUT2D eigenvalue weighted by Crippen LogP contribution is -2.17. The van der Waals surface area contributed by atoms with Crippen LogP contribution in [-0.4, -0.2) is 13.0 Å². The number of ether oxygens (including phenoxy) is 1. The molecule has 122 valence electrons. The third-order valence-electron chi connectivity index (χ3n) is 4.04. The molecule has 2 rings (SSSR count). The Balaban J connectivity index is 1.86. The van der Waals surface area contributed by atoms with E-state index in [-0.39, 0.29) is 12.4 Å². The minimum atomic E-state index is -4.65. The molecule has 1 aromatic carbocycles. The topological polar surface area (TPSA) is 9.23 Å². The normalized spacial score (nSPS) is 22.9. The van der Waals surface area contributed by atoms with Crippen LogP contribution in [0.25, 0.3) is 0 Å². The van der Waals surface area contributed by atoms with Crippen LogP contribution < -0.4 is 4.74 Å². The average Bonchev–Trinajstić information content (AvgIpc) is 2.48. The molecular weight excluding hydrogens is 296 g/mol. The lowest BCUT2D eigenvalue weighted by atomic mass is 9.78. The summed E-state index contributed by atoms with van der Waals surface area (Å²) in [6.45, 7) is -0.321. The van der Waals surface area contributed by atoms with Gasteiger partial charge in [-0.3, -0.25) is 4.39 Å². The Morgan fingerprint density at radius 3 is 2.23 bits per heavy atom. The van der Waals surface area contributed by atoms with Gasteiger partial charge in [0.25, 0.3) is 0 Å². The largest absolute Gasteiger partial charge is 0.573 e. The minimum Gasteiger partial charge on any atom is -0.406 e. The van der Waals surface area contributed by atoms with Gasteiger partial charge >= 0.3 is 6.36 Å². The van der Waals surface area contributed by atoms with E-state index in [9.17, 15) is 17.6 Å². The van der Waals surface area contributed by atoms with Gasteiger partial charge in [0, 0.05) is 0 Å². The third-order valence-corrected chi connectivity index (χ3v) is 4.04. The maximum Gasteiger partial charge on any atom is 0.573 e. The molecule has 0 bridgehead atoms. The lowest BCUT2D eigenvalue weighted by molar-refractivity contribution is -0.274. The molecule has 0 spiro atoms. The molecule has 0 aromatic heterocycles. The first kappa shape index (κ1) is 16.8. The van der Waals surface area contributed by atoms with Gasteiger partial charge in [0.15, 0.2) is 0 Å². The monoisotopic (exact) mass is 316 g/mol. The van der Waals surface area contributed by atoms with E-state index in [0.717, 1.165) is 31.2 Å². The maximum absolute atomic E-state index is 12.1. The molecule has 5 heteroatoms. The molecule has 0 unspecified atom stereocenters. The van der Waals surface area contributed by atoms with Crippen molar-refractivity contribution in [3.8, 4) is 5.75 Å². The van der Waals surface area contributed by atoms with E-state index in [0.29, 0.717) is 18.3 Å². The molecule has 0 aliphatic heterocycles. The van der Waals surface area contributed by atoms with E-state index in [1.807, 2.05) is 6.08 Å². The van der Waals surface area contributed by atoms with Crippen molar-refractivity contribution in [3.63, 3.8) is 0 Å². The number of hydrogen-bond donors (Lipinski definition) is 0. The fourth-order valence-corrected chi connectivity index (χ4v) is 2.94. The second-order valence-electron chi connectivity index (χ2n) is 5.63. The fraction of sp³-hybridized carbons (Fsp3) is 0.529. The number of benzene rings is 1. The summed E-state index contributed by atoms with van der Waals surface area (Å²) in [4.78, 5) is 0. The zero-order valence-corrected chi connectivity index (χ0v) is 12.3. The van der Waals surface area contributed by atoms with Crippen molar-refractivity contribution in [2.24, 2.45) is 5.92 Å². The van der Waals surface area contributed by atoms with Gasteiger partial charge in [-0.05, 0) is 61.6 Å². The molecular formula is C17H20F4O. The highest BCUT2D eigenvalue weighted by atomic mass is 19.4. The van der Waals surface area contributed by atoms with Gasteiger partial charge in [0.2, 0.25) is 0 Å². The Labute approximate surface area is 128 Å². The standard InChI is InChI=1S/C17H20F4O/c18-12-2-1-3-13-4-6-14(7-5-13)15-8-10-16(11-9-15)22-17(19,20)21/h1,3,8-11,13-14H,2,4-7,12H2/t13-,14-. The van der Waals surface area contributed by atoms with E-state index in [2.05, 4.69) is 10.8 Å². The summed E-state index contributed by atoms with van der Waals surface area (Å²) in [6.07, 6.45) is 3.90. The highest BCUT2D eigenvalue weighted by Gasteiger charge is 2.31. The Bertz CT molecular complexity index is 470. The minimum absolute atomic E-state index is 0.181. The summed E-state index contributed by atoms with van der Waals surface area (Å²) in [6, 6.07) is 6.17. The van der Waals surface area contributed by atoms with Crippen molar-refractivity contribution in [1.29, 1.82) is 0 Å². The van der Waals surface area contributed by atoms with Gasteiger partial charge in [0.05, 0.1) is 6.67 Å². The quantitative estimate of drug-likeness (QED) is 0.494. The van der Waals surface area contributed by atoms with Crippen LogP contribution in [0.1, 0.15) is 43.6 Å². The summed E-state index contributed by atoms with van der Waals surface area (Å²) in [5, 5.41) is 0. The van der Waals surface area contributed by atoms with Crippen LogP contribution in [0.15, 0.2) is 36.4 Å². The average molecular weight is 316 g/mol. The number of halogens is 4. The summed E-state index contributed by atoms with van der Waals surface area (Å²) in [5.41, 5.74) is 1.06. The van der Waals surface area contributed by atoms with Crippen LogP contribution in [-0.2, 0) is 0 Å². The Kier molecular flexibility index (Phi) is 5.86. The number of hydrogen-bond acceptors (Lipinski definition) is 1. The van der Waals surface area contributed by atoms with Crippen LogP contribution in [0.5, 0.6) is 5.75 Å². The number of alkyl halides is 4. The van der Waals surface area contributed by atoms with Gasteiger partial charge in [-0.25, -0.2) is 0 Å². The SMILES string of the molecule is FCCC=C[C@H]1CC[C@H](c2ccc(OC(F)(F)F)cc2)CC1. The predicted octanol–water partition coefficient (Wildman–Crippen LogP) is 5.77. The van der Waals surface area contributed by atoms with Crippen LogP contribution in [0.3, 0.4) is 0 Å². The molecule has 1 fully saturated rings. The lowest BCUT2D eigenvalue weighted by Gasteiger charge is -2.27. The Hall–Kier alpha value is -1.52. The first-order valence-electron chi connectivity index (χ1n) is 7.56.